The third-order valence-corrected chi connectivity index (χ3v) is 3.90. The van der Waals surface area contributed by atoms with E-state index in [9.17, 15) is 9.59 Å². The summed E-state index contributed by atoms with van der Waals surface area (Å²) < 4.78 is 0. The summed E-state index contributed by atoms with van der Waals surface area (Å²) in [7, 11) is 1.70. The standard InChI is InChI=1S/C13H23NO3/c1-9(12(16)17)8-14(4)11(15)10-6-5-7-13(10,2)3/h9-10H,5-8H2,1-4H3,(H,16,17). The van der Waals surface area contributed by atoms with E-state index in [0.29, 0.717) is 6.54 Å². The molecule has 1 N–H and O–H groups in total. The fourth-order valence-electron chi connectivity index (χ4n) is 2.63. The number of nitrogens with zero attached hydrogens (tertiary/aromatic N) is 1. The van der Waals surface area contributed by atoms with Crippen LogP contribution in [-0.2, 0) is 9.59 Å². The van der Waals surface area contributed by atoms with Gasteiger partial charge in [0.1, 0.15) is 0 Å². The molecule has 2 atom stereocenters. The Kier molecular flexibility index (Phi) is 4.17. The molecule has 1 rings (SSSR count). The number of carbonyl (C=O) groups excluding carboxylic acids is 1. The number of amides is 1. The third kappa shape index (κ3) is 3.20. The van der Waals surface area contributed by atoms with Crippen LogP contribution in [0, 0.1) is 17.3 Å². The van der Waals surface area contributed by atoms with E-state index in [1.807, 2.05) is 0 Å². The molecule has 0 aliphatic heterocycles. The number of carboxylic acid groups (broad SMARTS) is 1. The first-order valence-electron chi connectivity index (χ1n) is 6.23. The summed E-state index contributed by atoms with van der Waals surface area (Å²) in [6.45, 7) is 6.17. The topological polar surface area (TPSA) is 57.6 Å². The van der Waals surface area contributed by atoms with Gasteiger partial charge in [-0.25, -0.2) is 0 Å². The monoisotopic (exact) mass is 241 g/mol. The molecule has 1 aliphatic rings. The maximum absolute atomic E-state index is 12.3. The van der Waals surface area contributed by atoms with Crippen LogP contribution in [-0.4, -0.2) is 35.5 Å². The van der Waals surface area contributed by atoms with Crippen molar-refractivity contribution in [3.63, 3.8) is 0 Å². The number of carboxylic acids is 1. The molecule has 1 aliphatic carbocycles. The Morgan fingerprint density at radius 3 is 2.47 bits per heavy atom. The summed E-state index contributed by atoms with van der Waals surface area (Å²) in [5.41, 5.74) is 0.0534. The van der Waals surface area contributed by atoms with Gasteiger partial charge < -0.3 is 10.0 Å². The highest BCUT2D eigenvalue weighted by atomic mass is 16.4. The van der Waals surface area contributed by atoms with Crippen LogP contribution in [0.1, 0.15) is 40.0 Å². The minimum Gasteiger partial charge on any atom is -0.481 e. The second-order valence-corrected chi connectivity index (χ2v) is 5.89. The van der Waals surface area contributed by atoms with E-state index in [-0.39, 0.29) is 17.2 Å². The second-order valence-electron chi connectivity index (χ2n) is 5.89. The lowest BCUT2D eigenvalue weighted by molar-refractivity contribution is -0.144. The van der Waals surface area contributed by atoms with Crippen molar-refractivity contribution >= 4 is 11.9 Å². The molecule has 0 heterocycles. The molecule has 0 bridgehead atoms. The average Bonchev–Trinajstić information content (AvgIpc) is 2.56. The quantitative estimate of drug-likeness (QED) is 0.819. The van der Waals surface area contributed by atoms with Crippen LogP contribution < -0.4 is 0 Å². The smallest absolute Gasteiger partial charge is 0.308 e. The molecule has 17 heavy (non-hydrogen) atoms. The van der Waals surface area contributed by atoms with E-state index in [2.05, 4.69) is 13.8 Å². The SMILES string of the molecule is CC(CN(C)C(=O)C1CCCC1(C)C)C(=O)O. The van der Waals surface area contributed by atoms with E-state index < -0.39 is 11.9 Å². The normalized spacial score (nSPS) is 24.4. The molecule has 1 saturated carbocycles. The first kappa shape index (κ1) is 14.0. The summed E-state index contributed by atoms with van der Waals surface area (Å²) in [5, 5.41) is 8.84. The van der Waals surface area contributed by atoms with Crippen LogP contribution in [0.5, 0.6) is 0 Å². The van der Waals surface area contributed by atoms with Crippen molar-refractivity contribution in [3.05, 3.63) is 0 Å². The minimum absolute atomic E-state index is 0.0495. The summed E-state index contributed by atoms with van der Waals surface area (Å²) in [4.78, 5) is 24.6. The zero-order valence-corrected chi connectivity index (χ0v) is 11.2. The van der Waals surface area contributed by atoms with Crippen LogP contribution >= 0.6 is 0 Å². The molecule has 0 aromatic carbocycles. The summed E-state index contributed by atoms with van der Waals surface area (Å²) in [6.07, 6.45) is 3.09. The van der Waals surface area contributed by atoms with E-state index >= 15 is 0 Å². The van der Waals surface area contributed by atoms with Crippen molar-refractivity contribution < 1.29 is 14.7 Å². The summed E-state index contributed by atoms with van der Waals surface area (Å²) in [6, 6.07) is 0. The van der Waals surface area contributed by atoms with Crippen molar-refractivity contribution in [2.45, 2.75) is 40.0 Å². The Labute approximate surface area is 103 Å². The number of carbonyl (C=O) groups is 2. The van der Waals surface area contributed by atoms with Gasteiger partial charge in [-0.2, -0.15) is 0 Å². The molecule has 1 fully saturated rings. The Hall–Kier alpha value is -1.06. The number of hydrogen-bond donors (Lipinski definition) is 1. The molecule has 0 radical (unpaired) electrons. The van der Waals surface area contributed by atoms with Gasteiger partial charge in [-0.05, 0) is 18.3 Å². The van der Waals surface area contributed by atoms with Crippen LogP contribution in [0.4, 0.5) is 0 Å². The van der Waals surface area contributed by atoms with Crippen molar-refractivity contribution in [2.75, 3.05) is 13.6 Å². The molecular formula is C13H23NO3. The van der Waals surface area contributed by atoms with E-state index in [0.717, 1.165) is 19.3 Å². The Morgan fingerprint density at radius 2 is 2.06 bits per heavy atom. The van der Waals surface area contributed by atoms with Gasteiger partial charge in [0.15, 0.2) is 0 Å². The summed E-state index contributed by atoms with van der Waals surface area (Å²) >= 11 is 0. The average molecular weight is 241 g/mol. The second kappa shape index (κ2) is 5.07. The van der Waals surface area contributed by atoms with Gasteiger partial charge in [0.2, 0.25) is 5.91 Å². The molecule has 2 unspecified atom stereocenters. The molecule has 1 amide bonds. The molecule has 0 aromatic heterocycles. The minimum atomic E-state index is -0.852. The number of rotatable bonds is 4. The van der Waals surface area contributed by atoms with Crippen molar-refractivity contribution in [2.24, 2.45) is 17.3 Å². The lowest BCUT2D eigenvalue weighted by Gasteiger charge is -2.30. The van der Waals surface area contributed by atoms with Crippen LogP contribution in [0.15, 0.2) is 0 Å². The first-order chi connectivity index (χ1) is 7.75. The van der Waals surface area contributed by atoms with Gasteiger partial charge >= 0.3 is 5.97 Å². The first-order valence-corrected chi connectivity index (χ1v) is 6.23. The maximum atomic E-state index is 12.3. The molecule has 0 spiro atoms. The fraction of sp³-hybridized carbons (Fsp3) is 0.846. The molecule has 4 nitrogen and oxygen atoms in total. The van der Waals surface area contributed by atoms with Gasteiger partial charge in [0.25, 0.3) is 0 Å². The lowest BCUT2D eigenvalue weighted by atomic mass is 9.81. The van der Waals surface area contributed by atoms with Crippen LogP contribution in [0.2, 0.25) is 0 Å². The summed E-state index contributed by atoms with van der Waals surface area (Å²) in [5.74, 6) is -1.21. The maximum Gasteiger partial charge on any atom is 0.308 e. The van der Waals surface area contributed by atoms with Crippen LogP contribution in [0.25, 0.3) is 0 Å². The van der Waals surface area contributed by atoms with E-state index in [1.165, 1.54) is 0 Å². The number of hydrogen-bond acceptors (Lipinski definition) is 2. The fourth-order valence-corrected chi connectivity index (χ4v) is 2.63. The molecule has 0 aromatic rings. The Bertz CT molecular complexity index is 312. The zero-order valence-electron chi connectivity index (χ0n) is 11.2. The van der Waals surface area contributed by atoms with Crippen molar-refractivity contribution in [1.29, 1.82) is 0 Å². The van der Waals surface area contributed by atoms with Crippen LogP contribution in [0.3, 0.4) is 0 Å². The van der Waals surface area contributed by atoms with Crippen molar-refractivity contribution in [1.82, 2.24) is 4.90 Å². The van der Waals surface area contributed by atoms with E-state index in [1.54, 1.807) is 18.9 Å². The largest absolute Gasteiger partial charge is 0.481 e. The Morgan fingerprint density at radius 1 is 1.47 bits per heavy atom. The van der Waals surface area contributed by atoms with Gasteiger partial charge in [0.05, 0.1) is 5.92 Å². The number of aliphatic carboxylic acids is 1. The zero-order chi connectivity index (χ0) is 13.2. The van der Waals surface area contributed by atoms with Crippen molar-refractivity contribution in [3.8, 4) is 0 Å². The molecule has 4 heteroatoms. The predicted molar refractivity (Wildman–Crippen MR) is 65.6 cm³/mol. The highest BCUT2D eigenvalue weighted by Gasteiger charge is 2.40. The molecule has 0 saturated heterocycles. The highest BCUT2D eigenvalue weighted by molar-refractivity contribution is 5.80. The van der Waals surface area contributed by atoms with Gasteiger partial charge in [-0.1, -0.05) is 27.2 Å². The third-order valence-electron chi connectivity index (χ3n) is 3.90. The predicted octanol–water partition coefficient (Wildman–Crippen LogP) is 1.99. The molecule has 98 valence electrons. The van der Waals surface area contributed by atoms with Gasteiger partial charge in [0, 0.05) is 19.5 Å². The Balaban J connectivity index is 2.61. The van der Waals surface area contributed by atoms with Gasteiger partial charge in [-0.15, -0.1) is 0 Å². The highest BCUT2D eigenvalue weighted by Crippen LogP contribution is 2.43. The van der Waals surface area contributed by atoms with E-state index in [4.69, 9.17) is 5.11 Å². The molecular weight excluding hydrogens is 218 g/mol. The lowest BCUT2D eigenvalue weighted by Crippen LogP contribution is -2.40. The van der Waals surface area contributed by atoms with Gasteiger partial charge in [-0.3, -0.25) is 9.59 Å².